The number of piperidine rings is 3. The summed E-state index contributed by atoms with van der Waals surface area (Å²) < 4.78 is 17.3. The molecule has 1 unspecified atom stereocenters. The number of nitrogens with zero attached hydrogens (tertiary/aromatic N) is 2. The molecule has 0 radical (unpaired) electrons. The first-order valence-corrected chi connectivity index (χ1v) is 13.5. The predicted octanol–water partition coefficient (Wildman–Crippen LogP) is 5.47. The summed E-state index contributed by atoms with van der Waals surface area (Å²) in [5.41, 5.74) is 3.92. The Morgan fingerprint density at radius 2 is 1.66 bits per heavy atom. The van der Waals surface area contributed by atoms with E-state index in [0.717, 1.165) is 54.7 Å². The minimum atomic E-state index is -0.876. The van der Waals surface area contributed by atoms with Gasteiger partial charge in [0, 0.05) is 12.1 Å². The Hall–Kier alpha value is -3.39. The van der Waals surface area contributed by atoms with Crippen LogP contribution in [0.3, 0.4) is 0 Å². The minimum absolute atomic E-state index is 0.0314. The van der Waals surface area contributed by atoms with Gasteiger partial charge >= 0.3 is 6.09 Å². The summed E-state index contributed by atoms with van der Waals surface area (Å²) in [6.07, 6.45) is 0.942. The predicted molar refractivity (Wildman–Crippen MR) is 143 cm³/mol. The number of amides is 1. The number of fused-ring (bicyclic) bond motifs is 3. The molecule has 4 aliphatic rings. The number of ether oxygens (including phenoxy) is 3. The highest BCUT2D eigenvalue weighted by Gasteiger charge is 2.43. The third-order valence-corrected chi connectivity index (χ3v) is 8.05. The Morgan fingerprint density at radius 1 is 0.947 bits per heavy atom. The Kier molecular flexibility index (Phi) is 7.31. The smallest absolute Gasteiger partial charge is 0.408 e. The van der Waals surface area contributed by atoms with Crippen LogP contribution in [0.2, 0.25) is 0 Å². The molecule has 7 nitrogen and oxygen atoms in total. The first kappa shape index (κ1) is 24.9. The molecule has 3 aromatic rings. The van der Waals surface area contributed by atoms with Crippen LogP contribution in [0.15, 0.2) is 78.9 Å². The molecule has 1 amide bonds. The fourth-order valence-electron chi connectivity index (χ4n) is 6.10. The van der Waals surface area contributed by atoms with Crippen molar-refractivity contribution in [2.24, 2.45) is 5.92 Å². The second kappa shape index (κ2) is 11.2. The van der Waals surface area contributed by atoms with E-state index in [2.05, 4.69) is 4.90 Å². The van der Waals surface area contributed by atoms with Crippen LogP contribution in [0, 0.1) is 5.92 Å². The van der Waals surface area contributed by atoms with Crippen LogP contribution in [0.1, 0.15) is 47.4 Å². The van der Waals surface area contributed by atoms with Gasteiger partial charge in [0.15, 0.2) is 6.29 Å². The molecular formula is C31H34N2O5. The van der Waals surface area contributed by atoms with Crippen LogP contribution >= 0.6 is 0 Å². The average Bonchev–Trinajstić information content (AvgIpc) is 3.51. The maximum Gasteiger partial charge on any atom is 0.408 e. The van der Waals surface area contributed by atoms with Crippen molar-refractivity contribution in [2.75, 3.05) is 32.8 Å². The molecule has 4 fully saturated rings. The molecule has 0 aliphatic carbocycles. The van der Waals surface area contributed by atoms with Gasteiger partial charge < -0.3 is 24.2 Å². The quantitative estimate of drug-likeness (QED) is 0.430. The summed E-state index contributed by atoms with van der Waals surface area (Å²) in [4.78, 5) is 16.9. The molecule has 0 saturated carbocycles. The fourth-order valence-corrected chi connectivity index (χ4v) is 6.10. The Balaban J connectivity index is 1.24. The number of hydrogen-bond acceptors (Lipinski definition) is 5. The number of carbonyl (C=O) groups is 1. The summed E-state index contributed by atoms with van der Waals surface area (Å²) in [5.74, 6) is 1.11. The molecular weight excluding hydrogens is 480 g/mol. The Bertz CT molecular complexity index is 1220. The zero-order valence-electron chi connectivity index (χ0n) is 21.4. The van der Waals surface area contributed by atoms with Gasteiger partial charge in [-0.05, 0) is 60.7 Å². The highest BCUT2D eigenvalue weighted by atomic mass is 16.7. The first-order valence-electron chi connectivity index (χ1n) is 13.5. The highest BCUT2D eigenvalue weighted by Crippen LogP contribution is 2.39. The van der Waals surface area contributed by atoms with Crippen molar-refractivity contribution < 1.29 is 24.1 Å². The largest absolute Gasteiger partial charge is 0.489 e. The molecule has 1 N–H and O–H groups in total. The second-order valence-corrected chi connectivity index (χ2v) is 10.4. The Labute approximate surface area is 223 Å². The lowest BCUT2D eigenvalue weighted by Crippen LogP contribution is -2.59. The van der Waals surface area contributed by atoms with E-state index in [-0.39, 0.29) is 12.3 Å². The summed E-state index contributed by atoms with van der Waals surface area (Å²) >= 11 is 0. The maximum absolute atomic E-state index is 12.8. The maximum atomic E-state index is 12.8. The number of benzene rings is 3. The SMILES string of the molecule is O=C(O)N(C(c1ccccc1)c1cccc(OCc2ccc(C3OCCO3)cc2)c1)[C@H]1CN2CCC1CC2. The van der Waals surface area contributed by atoms with Gasteiger partial charge in [0.1, 0.15) is 12.4 Å². The summed E-state index contributed by atoms with van der Waals surface area (Å²) in [5, 5.41) is 10.5. The lowest BCUT2D eigenvalue weighted by Gasteiger charge is -2.50. The normalized spacial score (nSPS) is 23.7. The van der Waals surface area contributed by atoms with Crippen LogP contribution in [0.4, 0.5) is 4.79 Å². The van der Waals surface area contributed by atoms with Crippen LogP contribution in [0.25, 0.3) is 0 Å². The van der Waals surface area contributed by atoms with Crippen LogP contribution in [0.5, 0.6) is 5.75 Å². The molecule has 4 saturated heterocycles. The molecule has 3 aromatic carbocycles. The fraction of sp³-hybridized carbons (Fsp3) is 0.387. The minimum Gasteiger partial charge on any atom is -0.489 e. The molecule has 0 spiro atoms. The van der Waals surface area contributed by atoms with Gasteiger partial charge in [0.05, 0.1) is 25.3 Å². The van der Waals surface area contributed by atoms with Crippen LogP contribution in [-0.2, 0) is 16.1 Å². The molecule has 2 bridgehead atoms. The zero-order valence-corrected chi connectivity index (χ0v) is 21.4. The molecule has 2 atom stereocenters. The third kappa shape index (κ3) is 5.27. The number of carboxylic acid groups (broad SMARTS) is 1. The lowest BCUT2D eigenvalue weighted by atomic mass is 9.81. The molecule has 7 heteroatoms. The molecule has 38 heavy (non-hydrogen) atoms. The van der Waals surface area contributed by atoms with Crippen molar-refractivity contribution in [1.82, 2.24) is 9.80 Å². The highest BCUT2D eigenvalue weighted by molar-refractivity contribution is 5.67. The first-order chi connectivity index (χ1) is 18.7. The van der Waals surface area contributed by atoms with Crippen molar-refractivity contribution in [2.45, 2.75) is 37.8 Å². The topological polar surface area (TPSA) is 71.5 Å². The summed E-state index contributed by atoms with van der Waals surface area (Å²) in [7, 11) is 0. The van der Waals surface area contributed by atoms with Crippen molar-refractivity contribution in [3.63, 3.8) is 0 Å². The van der Waals surface area contributed by atoms with E-state index in [4.69, 9.17) is 14.2 Å². The van der Waals surface area contributed by atoms with E-state index in [1.807, 2.05) is 78.9 Å². The standard InChI is InChI=1S/C31H34N2O5/c34-31(35)33(28-20-32-15-13-23(28)14-16-32)29(24-5-2-1-3-6-24)26-7-4-8-27(19-26)38-21-22-9-11-25(12-10-22)30-36-17-18-37-30/h1-12,19,23,28-30H,13-18,20-21H2,(H,34,35)/t28-,29?/m0/s1. The van der Waals surface area contributed by atoms with Gasteiger partial charge in [-0.2, -0.15) is 0 Å². The second-order valence-electron chi connectivity index (χ2n) is 10.4. The van der Waals surface area contributed by atoms with E-state index in [1.54, 1.807) is 4.90 Å². The van der Waals surface area contributed by atoms with E-state index in [9.17, 15) is 9.90 Å². The Morgan fingerprint density at radius 3 is 2.32 bits per heavy atom. The number of hydrogen-bond donors (Lipinski definition) is 1. The van der Waals surface area contributed by atoms with Gasteiger partial charge in [-0.15, -0.1) is 0 Å². The monoisotopic (exact) mass is 514 g/mol. The summed E-state index contributed by atoms with van der Waals surface area (Å²) in [6.45, 7) is 4.58. The van der Waals surface area contributed by atoms with Gasteiger partial charge in [-0.1, -0.05) is 66.7 Å². The van der Waals surface area contributed by atoms with Crippen LogP contribution < -0.4 is 4.74 Å². The molecule has 198 valence electrons. The number of rotatable bonds is 8. The van der Waals surface area contributed by atoms with Gasteiger partial charge in [0.2, 0.25) is 0 Å². The molecule has 0 aromatic heterocycles. The van der Waals surface area contributed by atoms with Crippen molar-refractivity contribution in [3.8, 4) is 5.75 Å². The van der Waals surface area contributed by atoms with Crippen molar-refractivity contribution in [1.29, 1.82) is 0 Å². The van der Waals surface area contributed by atoms with E-state index in [0.29, 0.717) is 31.5 Å². The van der Waals surface area contributed by atoms with Gasteiger partial charge in [-0.3, -0.25) is 4.90 Å². The van der Waals surface area contributed by atoms with E-state index < -0.39 is 12.1 Å². The van der Waals surface area contributed by atoms with E-state index in [1.165, 1.54) is 0 Å². The zero-order chi connectivity index (χ0) is 25.9. The molecule has 7 rings (SSSR count). The van der Waals surface area contributed by atoms with E-state index >= 15 is 0 Å². The van der Waals surface area contributed by atoms with Gasteiger partial charge in [-0.25, -0.2) is 4.79 Å². The van der Waals surface area contributed by atoms with Crippen molar-refractivity contribution >= 4 is 6.09 Å². The molecule has 4 heterocycles. The lowest BCUT2D eigenvalue weighted by molar-refractivity contribution is -0.0441. The van der Waals surface area contributed by atoms with Gasteiger partial charge in [0.25, 0.3) is 0 Å². The van der Waals surface area contributed by atoms with Crippen LogP contribution in [-0.4, -0.2) is 59.9 Å². The average molecular weight is 515 g/mol. The third-order valence-electron chi connectivity index (χ3n) is 8.05. The summed E-state index contributed by atoms with van der Waals surface area (Å²) in [6, 6.07) is 25.5. The molecule has 4 aliphatic heterocycles. The van der Waals surface area contributed by atoms with Crippen molar-refractivity contribution in [3.05, 3.63) is 101 Å².